The number of rotatable bonds is 3. The van der Waals surface area contributed by atoms with E-state index in [-0.39, 0.29) is 5.57 Å². The first-order valence-corrected chi connectivity index (χ1v) is 6.65. The lowest BCUT2D eigenvalue weighted by atomic mass is 10.1. The van der Waals surface area contributed by atoms with Crippen molar-refractivity contribution < 1.29 is 4.79 Å². The number of carbonyl (C=O) groups is 1. The summed E-state index contributed by atoms with van der Waals surface area (Å²) in [5.41, 5.74) is 3.72. The van der Waals surface area contributed by atoms with Crippen LogP contribution >= 0.6 is 0 Å². The summed E-state index contributed by atoms with van der Waals surface area (Å²) in [6.45, 7) is 3.90. The van der Waals surface area contributed by atoms with Crippen LogP contribution in [0.5, 0.6) is 0 Å². The van der Waals surface area contributed by atoms with Crippen LogP contribution in [-0.4, -0.2) is 5.91 Å². The number of nitrogens with one attached hydrogen (secondary N) is 1. The molecule has 0 aromatic heterocycles. The van der Waals surface area contributed by atoms with E-state index in [1.54, 1.807) is 6.08 Å². The fourth-order valence-corrected chi connectivity index (χ4v) is 1.88. The molecule has 2 rings (SSSR count). The normalized spacial score (nSPS) is 10.8. The summed E-state index contributed by atoms with van der Waals surface area (Å²) in [7, 11) is 0. The van der Waals surface area contributed by atoms with Crippen molar-refractivity contribution in [3.8, 4) is 6.07 Å². The first-order chi connectivity index (χ1) is 10.1. The summed E-state index contributed by atoms with van der Waals surface area (Å²) in [5, 5.41) is 11.9. The van der Waals surface area contributed by atoms with Crippen LogP contribution in [0.1, 0.15) is 16.7 Å². The topological polar surface area (TPSA) is 52.9 Å². The molecule has 2 aromatic carbocycles. The van der Waals surface area contributed by atoms with Gasteiger partial charge < -0.3 is 5.32 Å². The maximum Gasteiger partial charge on any atom is 0.266 e. The third-order valence-corrected chi connectivity index (χ3v) is 3.15. The minimum absolute atomic E-state index is 0.0853. The highest BCUT2D eigenvalue weighted by atomic mass is 16.1. The largest absolute Gasteiger partial charge is 0.321 e. The van der Waals surface area contributed by atoms with E-state index in [0.29, 0.717) is 5.69 Å². The first kappa shape index (κ1) is 14.5. The molecule has 2 aromatic rings. The molecule has 3 nitrogen and oxygen atoms in total. The Balaban J connectivity index is 2.21. The van der Waals surface area contributed by atoms with Gasteiger partial charge in [0.1, 0.15) is 11.6 Å². The maximum atomic E-state index is 12.2. The lowest BCUT2D eigenvalue weighted by molar-refractivity contribution is -0.112. The van der Waals surface area contributed by atoms with Crippen molar-refractivity contribution in [3.63, 3.8) is 0 Å². The summed E-state index contributed by atoms with van der Waals surface area (Å²) in [6, 6.07) is 17.1. The lowest BCUT2D eigenvalue weighted by Gasteiger charge is -2.07. The Morgan fingerprint density at radius 2 is 1.76 bits per heavy atom. The van der Waals surface area contributed by atoms with Crippen LogP contribution in [0.2, 0.25) is 0 Å². The second kappa shape index (κ2) is 6.53. The van der Waals surface area contributed by atoms with Gasteiger partial charge in [0.05, 0.1) is 0 Å². The minimum Gasteiger partial charge on any atom is -0.321 e. The molecule has 21 heavy (non-hydrogen) atoms. The van der Waals surface area contributed by atoms with Gasteiger partial charge in [-0.25, -0.2) is 0 Å². The second-order valence-corrected chi connectivity index (χ2v) is 4.85. The summed E-state index contributed by atoms with van der Waals surface area (Å²) in [5.74, 6) is -0.396. The van der Waals surface area contributed by atoms with Gasteiger partial charge in [0.15, 0.2) is 0 Å². The van der Waals surface area contributed by atoms with Crippen LogP contribution in [0.3, 0.4) is 0 Å². The van der Waals surface area contributed by atoms with E-state index in [1.807, 2.05) is 68.4 Å². The predicted octanol–water partition coefficient (Wildman–Crippen LogP) is 3.85. The van der Waals surface area contributed by atoms with Crippen molar-refractivity contribution in [1.29, 1.82) is 5.26 Å². The van der Waals surface area contributed by atoms with E-state index >= 15 is 0 Å². The number of carbonyl (C=O) groups excluding carboxylic acids is 1. The Hall–Kier alpha value is -2.86. The summed E-state index contributed by atoms with van der Waals surface area (Å²) < 4.78 is 0. The second-order valence-electron chi connectivity index (χ2n) is 4.85. The van der Waals surface area contributed by atoms with Gasteiger partial charge in [-0.15, -0.1) is 0 Å². The quantitative estimate of drug-likeness (QED) is 0.684. The number of para-hydroxylation sites is 1. The van der Waals surface area contributed by atoms with Gasteiger partial charge in [-0.05, 0) is 37.1 Å². The molecule has 0 bridgehead atoms. The summed E-state index contributed by atoms with van der Waals surface area (Å²) in [4.78, 5) is 12.2. The van der Waals surface area contributed by atoms with Crippen molar-refractivity contribution in [1.82, 2.24) is 0 Å². The first-order valence-electron chi connectivity index (χ1n) is 6.65. The third-order valence-electron chi connectivity index (χ3n) is 3.15. The van der Waals surface area contributed by atoms with Gasteiger partial charge in [0.2, 0.25) is 0 Å². The molecule has 0 aliphatic heterocycles. The number of hydrogen-bond acceptors (Lipinski definition) is 2. The zero-order valence-corrected chi connectivity index (χ0v) is 12.1. The standard InChI is InChI=1S/C18H16N2O/c1-13-7-9-15(10-8-13)11-16(12-19)18(21)20-17-6-4-3-5-14(17)2/h3-11H,1-2H3,(H,20,21)/b16-11-. The highest BCUT2D eigenvalue weighted by molar-refractivity contribution is 6.09. The molecule has 0 radical (unpaired) electrons. The van der Waals surface area contributed by atoms with Gasteiger partial charge >= 0.3 is 0 Å². The zero-order chi connectivity index (χ0) is 15.2. The van der Waals surface area contributed by atoms with Crippen molar-refractivity contribution in [2.24, 2.45) is 0 Å². The Kier molecular flexibility index (Phi) is 4.53. The zero-order valence-electron chi connectivity index (χ0n) is 12.1. The highest BCUT2D eigenvalue weighted by Gasteiger charge is 2.10. The summed E-state index contributed by atoms with van der Waals surface area (Å²) >= 11 is 0. The Morgan fingerprint density at radius 3 is 2.38 bits per heavy atom. The van der Waals surface area contributed by atoms with Crippen LogP contribution in [0, 0.1) is 25.2 Å². The Bertz CT molecular complexity index is 722. The molecule has 0 saturated heterocycles. The molecule has 0 aliphatic rings. The van der Waals surface area contributed by atoms with Gasteiger partial charge in [0, 0.05) is 5.69 Å². The monoisotopic (exact) mass is 276 g/mol. The molecule has 0 heterocycles. The Labute approximate surface area is 124 Å². The fraction of sp³-hybridized carbons (Fsp3) is 0.111. The number of nitrogens with zero attached hydrogens (tertiary/aromatic N) is 1. The highest BCUT2D eigenvalue weighted by Crippen LogP contribution is 2.15. The number of amides is 1. The van der Waals surface area contributed by atoms with E-state index in [9.17, 15) is 10.1 Å². The molecule has 3 heteroatoms. The SMILES string of the molecule is Cc1ccc(/C=C(/C#N)C(=O)Nc2ccccc2C)cc1. The van der Waals surface area contributed by atoms with E-state index in [2.05, 4.69) is 5.32 Å². The number of anilines is 1. The van der Waals surface area contributed by atoms with Crippen LogP contribution in [-0.2, 0) is 4.79 Å². The number of aryl methyl sites for hydroxylation is 2. The average molecular weight is 276 g/mol. The van der Waals surface area contributed by atoms with E-state index < -0.39 is 5.91 Å². The number of nitriles is 1. The number of benzene rings is 2. The van der Waals surface area contributed by atoms with Gasteiger partial charge in [0.25, 0.3) is 5.91 Å². The van der Waals surface area contributed by atoms with E-state index in [1.165, 1.54) is 0 Å². The lowest BCUT2D eigenvalue weighted by Crippen LogP contribution is -2.14. The molecule has 0 saturated carbocycles. The van der Waals surface area contributed by atoms with Crippen LogP contribution < -0.4 is 5.32 Å². The fourth-order valence-electron chi connectivity index (χ4n) is 1.88. The molecular weight excluding hydrogens is 260 g/mol. The van der Waals surface area contributed by atoms with Crippen molar-refractivity contribution in [3.05, 3.63) is 70.8 Å². The smallest absolute Gasteiger partial charge is 0.266 e. The number of hydrogen-bond donors (Lipinski definition) is 1. The molecule has 1 N–H and O–H groups in total. The Morgan fingerprint density at radius 1 is 1.10 bits per heavy atom. The maximum absolute atomic E-state index is 12.2. The molecule has 104 valence electrons. The third kappa shape index (κ3) is 3.80. The molecule has 0 atom stereocenters. The van der Waals surface area contributed by atoms with Crippen LogP contribution in [0.15, 0.2) is 54.1 Å². The van der Waals surface area contributed by atoms with Crippen molar-refractivity contribution >= 4 is 17.7 Å². The molecule has 0 fully saturated rings. The summed E-state index contributed by atoms with van der Waals surface area (Å²) in [6.07, 6.45) is 1.59. The average Bonchev–Trinajstić information content (AvgIpc) is 2.49. The van der Waals surface area contributed by atoms with Crippen molar-refractivity contribution in [2.45, 2.75) is 13.8 Å². The molecular formula is C18H16N2O. The molecule has 0 aliphatic carbocycles. The van der Waals surface area contributed by atoms with Crippen molar-refractivity contribution in [2.75, 3.05) is 5.32 Å². The van der Waals surface area contributed by atoms with Gasteiger partial charge in [-0.2, -0.15) is 5.26 Å². The van der Waals surface area contributed by atoms with E-state index in [4.69, 9.17) is 0 Å². The molecule has 1 amide bonds. The van der Waals surface area contributed by atoms with Crippen LogP contribution in [0.4, 0.5) is 5.69 Å². The van der Waals surface area contributed by atoms with Gasteiger partial charge in [-0.3, -0.25) is 4.79 Å². The van der Waals surface area contributed by atoms with Gasteiger partial charge in [-0.1, -0.05) is 48.0 Å². The van der Waals surface area contributed by atoms with E-state index in [0.717, 1.165) is 16.7 Å². The molecule has 0 unspecified atom stereocenters. The van der Waals surface area contributed by atoms with Crippen LogP contribution in [0.25, 0.3) is 6.08 Å². The predicted molar refractivity (Wildman–Crippen MR) is 84.6 cm³/mol. The minimum atomic E-state index is -0.396. The molecule has 0 spiro atoms.